The van der Waals surface area contributed by atoms with E-state index in [4.69, 9.17) is 4.74 Å². The van der Waals surface area contributed by atoms with Gasteiger partial charge in [0, 0.05) is 11.5 Å². The average Bonchev–Trinajstić information content (AvgIpc) is 2.18. The predicted molar refractivity (Wildman–Crippen MR) is 63.4 cm³/mol. The van der Waals surface area contributed by atoms with E-state index < -0.39 is 0 Å². The lowest BCUT2D eigenvalue weighted by Crippen LogP contribution is -1.92. The summed E-state index contributed by atoms with van der Waals surface area (Å²) < 4.78 is 6.36. The van der Waals surface area contributed by atoms with E-state index in [9.17, 15) is 0 Å². The highest BCUT2D eigenvalue weighted by molar-refractivity contribution is 14.1. The van der Waals surface area contributed by atoms with E-state index in [2.05, 4.69) is 32.6 Å². The van der Waals surface area contributed by atoms with E-state index in [0.29, 0.717) is 6.61 Å². The van der Waals surface area contributed by atoms with Crippen LogP contribution in [-0.2, 0) is 0 Å². The summed E-state index contributed by atoms with van der Waals surface area (Å²) in [5.41, 5.74) is 0.926. The van der Waals surface area contributed by atoms with Gasteiger partial charge in [-0.05, 0) is 41.6 Å². The van der Waals surface area contributed by atoms with Gasteiger partial charge in [-0.15, -0.1) is 0 Å². The third kappa shape index (κ3) is 1.79. The average molecular weight is 300 g/mol. The van der Waals surface area contributed by atoms with Crippen molar-refractivity contribution < 1.29 is 4.74 Å². The fraction of sp³-hybridized carbons (Fsp3) is 0.200. The third-order valence-corrected chi connectivity index (χ3v) is 2.73. The Morgan fingerprint density at radius 1 is 1.36 bits per heavy atom. The fourth-order valence-electron chi connectivity index (χ4n) is 1.26. The first-order valence-electron chi connectivity index (χ1n) is 4.34. The minimum absolute atomic E-state index is 0.674. The van der Waals surface area contributed by atoms with Crippen molar-refractivity contribution in [3.8, 4) is 5.75 Å². The Morgan fingerprint density at radius 3 is 3.00 bits per heavy atom. The number of benzene rings is 1. The number of fused-ring (bicyclic) bond motifs is 1. The van der Waals surface area contributed by atoms with Crippen LogP contribution in [0.2, 0.25) is 0 Å². The van der Waals surface area contributed by atoms with E-state index >= 15 is 0 Å². The highest BCUT2D eigenvalue weighted by atomic mass is 127. The van der Waals surface area contributed by atoms with Gasteiger partial charge in [0.15, 0.2) is 0 Å². The molecule has 1 aromatic carbocycles. The van der Waals surface area contributed by atoms with Gasteiger partial charge in [0.25, 0.3) is 0 Å². The van der Waals surface area contributed by atoms with Crippen LogP contribution >= 0.6 is 22.6 Å². The van der Waals surface area contributed by atoms with Crippen LogP contribution in [0.1, 0.15) is 6.92 Å². The number of ether oxygens (including phenoxy) is 1. The standard InChI is InChI=1S/C10H9IN2O/c1-2-14-7-3-4-8-9(5-7)12-6-13-10(8)11/h3-6H,2H2,1H3. The van der Waals surface area contributed by atoms with Crippen molar-refractivity contribution in [2.45, 2.75) is 6.92 Å². The van der Waals surface area contributed by atoms with Crippen molar-refractivity contribution in [3.63, 3.8) is 0 Å². The first-order chi connectivity index (χ1) is 6.81. The first kappa shape index (κ1) is 9.64. The summed E-state index contributed by atoms with van der Waals surface area (Å²) in [6, 6.07) is 5.86. The molecule has 0 atom stereocenters. The fourth-order valence-corrected chi connectivity index (χ4v) is 1.84. The summed E-state index contributed by atoms with van der Waals surface area (Å²) in [4.78, 5) is 8.31. The molecule has 0 saturated heterocycles. The third-order valence-electron chi connectivity index (χ3n) is 1.87. The van der Waals surface area contributed by atoms with Crippen LogP contribution in [0, 0.1) is 3.70 Å². The molecule has 0 N–H and O–H groups in total. The van der Waals surface area contributed by atoms with Crippen LogP contribution in [0.5, 0.6) is 5.75 Å². The summed E-state index contributed by atoms with van der Waals surface area (Å²) in [6.45, 7) is 2.64. The molecule has 14 heavy (non-hydrogen) atoms. The van der Waals surface area contributed by atoms with Crippen LogP contribution in [0.25, 0.3) is 10.9 Å². The Kier molecular flexibility index (Phi) is 2.81. The molecule has 0 aliphatic carbocycles. The largest absolute Gasteiger partial charge is 0.494 e. The zero-order valence-corrected chi connectivity index (χ0v) is 9.85. The minimum atomic E-state index is 0.674. The second-order valence-electron chi connectivity index (χ2n) is 2.78. The molecule has 4 heteroatoms. The molecule has 1 heterocycles. The summed E-state index contributed by atoms with van der Waals surface area (Å²) in [5, 5.41) is 1.07. The second-order valence-corrected chi connectivity index (χ2v) is 3.80. The van der Waals surface area contributed by atoms with Crippen LogP contribution in [-0.4, -0.2) is 16.6 Å². The van der Waals surface area contributed by atoms with E-state index in [-0.39, 0.29) is 0 Å². The van der Waals surface area contributed by atoms with Gasteiger partial charge >= 0.3 is 0 Å². The van der Waals surface area contributed by atoms with Gasteiger partial charge in [-0.25, -0.2) is 9.97 Å². The quantitative estimate of drug-likeness (QED) is 0.632. The van der Waals surface area contributed by atoms with E-state index in [1.807, 2.05) is 25.1 Å². The number of nitrogens with zero attached hydrogens (tertiary/aromatic N) is 2. The van der Waals surface area contributed by atoms with Crippen LogP contribution < -0.4 is 4.74 Å². The molecule has 2 aromatic rings. The molecule has 0 spiro atoms. The van der Waals surface area contributed by atoms with Crippen molar-refractivity contribution in [1.29, 1.82) is 0 Å². The molecule has 3 nitrogen and oxygen atoms in total. The molecule has 1 aromatic heterocycles. The Morgan fingerprint density at radius 2 is 2.21 bits per heavy atom. The first-order valence-corrected chi connectivity index (χ1v) is 5.42. The zero-order chi connectivity index (χ0) is 9.97. The number of halogens is 1. The zero-order valence-electron chi connectivity index (χ0n) is 7.70. The summed E-state index contributed by atoms with van der Waals surface area (Å²) in [7, 11) is 0. The van der Waals surface area contributed by atoms with Gasteiger partial charge in [-0.2, -0.15) is 0 Å². The Balaban J connectivity index is 2.56. The van der Waals surface area contributed by atoms with E-state index in [1.54, 1.807) is 6.33 Å². The molecule has 0 saturated carbocycles. The highest BCUT2D eigenvalue weighted by Gasteiger charge is 2.01. The highest BCUT2D eigenvalue weighted by Crippen LogP contribution is 2.21. The molecule has 0 aliphatic heterocycles. The minimum Gasteiger partial charge on any atom is -0.494 e. The second kappa shape index (κ2) is 4.08. The molecular formula is C10H9IN2O. The van der Waals surface area contributed by atoms with Crippen molar-refractivity contribution in [2.24, 2.45) is 0 Å². The normalized spacial score (nSPS) is 10.4. The van der Waals surface area contributed by atoms with E-state index in [0.717, 1.165) is 20.4 Å². The van der Waals surface area contributed by atoms with Gasteiger partial charge in [0.05, 0.1) is 12.1 Å². The number of hydrogen-bond acceptors (Lipinski definition) is 3. The van der Waals surface area contributed by atoms with Crippen molar-refractivity contribution in [2.75, 3.05) is 6.61 Å². The summed E-state index contributed by atoms with van der Waals surface area (Å²) in [6.07, 6.45) is 1.57. The molecular weight excluding hydrogens is 291 g/mol. The molecule has 0 aliphatic rings. The molecule has 2 rings (SSSR count). The van der Waals surface area contributed by atoms with Gasteiger partial charge in [-0.3, -0.25) is 0 Å². The van der Waals surface area contributed by atoms with Gasteiger partial charge < -0.3 is 4.74 Å². The smallest absolute Gasteiger partial charge is 0.121 e. The van der Waals surface area contributed by atoms with Crippen LogP contribution in [0.15, 0.2) is 24.5 Å². The van der Waals surface area contributed by atoms with Gasteiger partial charge in [0.1, 0.15) is 15.8 Å². The molecule has 0 bridgehead atoms. The summed E-state index contributed by atoms with van der Waals surface area (Å²) in [5.74, 6) is 0.856. The molecule has 0 unspecified atom stereocenters. The van der Waals surface area contributed by atoms with Crippen molar-refractivity contribution in [3.05, 3.63) is 28.2 Å². The Labute approximate surface area is 95.7 Å². The lowest BCUT2D eigenvalue weighted by Gasteiger charge is -2.04. The van der Waals surface area contributed by atoms with E-state index in [1.165, 1.54) is 0 Å². The summed E-state index contributed by atoms with van der Waals surface area (Å²) >= 11 is 2.20. The lowest BCUT2D eigenvalue weighted by molar-refractivity contribution is 0.340. The maximum Gasteiger partial charge on any atom is 0.121 e. The Bertz CT molecular complexity index is 459. The SMILES string of the molecule is CCOc1ccc2c(I)ncnc2c1. The number of aromatic nitrogens is 2. The molecule has 0 amide bonds. The van der Waals surface area contributed by atoms with Crippen molar-refractivity contribution in [1.82, 2.24) is 9.97 Å². The maximum atomic E-state index is 5.39. The lowest BCUT2D eigenvalue weighted by atomic mass is 10.2. The monoisotopic (exact) mass is 300 g/mol. The molecule has 72 valence electrons. The maximum absolute atomic E-state index is 5.39. The molecule has 0 radical (unpaired) electrons. The number of rotatable bonds is 2. The number of hydrogen-bond donors (Lipinski definition) is 0. The Hall–Kier alpha value is -0.910. The van der Waals surface area contributed by atoms with Crippen LogP contribution in [0.3, 0.4) is 0 Å². The topological polar surface area (TPSA) is 35.0 Å². The molecule has 0 fully saturated rings. The van der Waals surface area contributed by atoms with Crippen molar-refractivity contribution >= 4 is 33.5 Å². The van der Waals surface area contributed by atoms with Gasteiger partial charge in [-0.1, -0.05) is 0 Å². The van der Waals surface area contributed by atoms with Crippen LogP contribution in [0.4, 0.5) is 0 Å². The van der Waals surface area contributed by atoms with Gasteiger partial charge in [0.2, 0.25) is 0 Å². The predicted octanol–water partition coefficient (Wildman–Crippen LogP) is 2.63.